The fourth-order valence-electron chi connectivity index (χ4n) is 4.47. The molecule has 4 atom stereocenters. The summed E-state index contributed by atoms with van der Waals surface area (Å²) in [6.45, 7) is 0.977. The summed E-state index contributed by atoms with van der Waals surface area (Å²) < 4.78 is 20.2. The van der Waals surface area contributed by atoms with Gasteiger partial charge in [-0.3, -0.25) is 4.79 Å². The van der Waals surface area contributed by atoms with Crippen molar-refractivity contribution in [3.8, 4) is 0 Å². The van der Waals surface area contributed by atoms with Gasteiger partial charge in [0.05, 0.1) is 31.7 Å². The molecule has 0 saturated carbocycles. The Hall–Kier alpha value is -3.66. The van der Waals surface area contributed by atoms with Crippen molar-refractivity contribution in [1.29, 1.82) is 0 Å². The minimum absolute atomic E-state index is 0.0200. The summed E-state index contributed by atoms with van der Waals surface area (Å²) in [5.41, 5.74) is 2.70. The Morgan fingerprint density at radius 3 is 2.53 bits per heavy atom. The highest BCUT2D eigenvalue weighted by Crippen LogP contribution is 2.36. The van der Waals surface area contributed by atoms with E-state index >= 15 is 0 Å². The Bertz CT molecular complexity index is 1300. The number of benzene rings is 2. The van der Waals surface area contributed by atoms with E-state index in [2.05, 4.69) is 20.3 Å². The number of amides is 1. The zero-order chi connectivity index (χ0) is 22.9. The number of fused-ring (bicyclic) bond motifs is 2. The van der Waals surface area contributed by atoms with E-state index in [1.165, 1.54) is 6.33 Å². The van der Waals surface area contributed by atoms with E-state index in [1.54, 1.807) is 18.5 Å². The number of carbonyl (C=O) groups excluding carboxylic acids is 1. The Morgan fingerprint density at radius 1 is 0.912 bits per heavy atom. The quantitative estimate of drug-likeness (QED) is 0.500. The van der Waals surface area contributed by atoms with Crippen LogP contribution in [0.3, 0.4) is 0 Å². The monoisotopic (exact) mass is 457 g/mol. The van der Waals surface area contributed by atoms with Gasteiger partial charge in [-0.25, -0.2) is 15.0 Å². The highest BCUT2D eigenvalue weighted by atomic mass is 16.7. The molecule has 9 heteroatoms. The number of hydrogen-bond acceptors (Lipinski definition) is 7. The molecule has 2 aromatic heterocycles. The molecule has 1 N–H and O–H groups in total. The van der Waals surface area contributed by atoms with Gasteiger partial charge in [-0.2, -0.15) is 0 Å². The number of carbonyl (C=O) groups is 1. The summed E-state index contributed by atoms with van der Waals surface area (Å²) in [6, 6.07) is 18.9. The number of anilines is 1. The minimum Gasteiger partial charge on any atom is -0.371 e. The van der Waals surface area contributed by atoms with Crippen LogP contribution in [-0.4, -0.2) is 50.8 Å². The molecular weight excluding hydrogens is 434 g/mol. The van der Waals surface area contributed by atoms with E-state index in [1.807, 2.05) is 53.1 Å². The van der Waals surface area contributed by atoms with Gasteiger partial charge in [0.25, 0.3) is 5.91 Å². The van der Waals surface area contributed by atoms with E-state index in [0.717, 1.165) is 12.0 Å². The molecule has 0 unspecified atom stereocenters. The summed E-state index contributed by atoms with van der Waals surface area (Å²) in [5, 5.41) is 2.85. The predicted molar refractivity (Wildman–Crippen MR) is 123 cm³/mol. The van der Waals surface area contributed by atoms with E-state index < -0.39 is 6.29 Å². The van der Waals surface area contributed by atoms with Gasteiger partial charge in [0.2, 0.25) is 0 Å². The van der Waals surface area contributed by atoms with Gasteiger partial charge in [0, 0.05) is 11.1 Å². The van der Waals surface area contributed by atoms with Crippen LogP contribution in [0, 0.1) is 0 Å². The van der Waals surface area contributed by atoms with Crippen LogP contribution in [-0.2, 0) is 14.2 Å². The Labute approximate surface area is 195 Å². The summed E-state index contributed by atoms with van der Waals surface area (Å²) in [4.78, 5) is 25.8. The van der Waals surface area contributed by atoms with E-state index in [4.69, 9.17) is 14.2 Å². The molecule has 2 fully saturated rings. The van der Waals surface area contributed by atoms with Crippen LogP contribution in [0.2, 0.25) is 0 Å². The van der Waals surface area contributed by atoms with Crippen molar-refractivity contribution in [3.05, 3.63) is 84.4 Å². The normalized spacial score (nSPS) is 24.5. The van der Waals surface area contributed by atoms with Gasteiger partial charge in [0.15, 0.2) is 23.3 Å². The molecule has 0 bridgehead atoms. The second kappa shape index (κ2) is 8.94. The SMILES string of the molecule is O=C(Nc1ncnc2c1ncn2[C@@H]1CO[C@@H]2CO[C@@H](c3ccccc3)O[C@H]2C1)c1ccccc1. The highest BCUT2D eigenvalue weighted by molar-refractivity contribution is 6.06. The second-order valence-corrected chi connectivity index (χ2v) is 8.38. The number of nitrogens with zero attached hydrogens (tertiary/aromatic N) is 4. The molecule has 0 aliphatic carbocycles. The van der Waals surface area contributed by atoms with Crippen LogP contribution in [0.25, 0.3) is 11.2 Å². The molecule has 2 aliphatic rings. The molecule has 4 heterocycles. The number of rotatable bonds is 4. The third-order valence-corrected chi connectivity index (χ3v) is 6.22. The first kappa shape index (κ1) is 20.9. The first-order chi connectivity index (χ1) is 16.8. The maximum Gasteiger partial charge on any atom is 0.256 e. The topological polar surface area (TPSA) is 100 Å². The van der Waals surface area contributed by atoms with Crippen molar-refractivity contribution in [2.75, 3.05) is 18.5 Å². The second-order valence-electron chi connectivity index (χ2n) is 8.38. The first-order valence-corrected chi connectivity index (χ1v) is 11.2. The van der Waals surface area contributed by atoms with Crippen molar-refractivity contribution in [2.45, 2.75) is 31.0 Å². The lowest BCUT2D eigenvalue weighted by Crippen LogP contribution is -2.47. The summed E-state index contributed by atoms with van der Waals surface area (Å²) >= 11 is 0. The lowest BCUT2D eigenvalue weighted by atomic mass is 10.0. The highest BCUT2D eigenvalue weighted by Gasteiger charge is 2.39. The standard InChI is InChI=1S/C25H23N5O4/c31-24(16-7-3-1-4-8-16)29-22-21-23(27-14-26-22)30(15-28-21)18-11-19-20(32-12-18)13-33-25(34-19)17-9-5-2-6-10-17/h1-10,14-15,18-20,25H,11-13H2,(H,26,27,29,31)/t18-,19-,20+,25+/m0/s1. The van der Waals surface area contributed by atoms with Crippen molar-refractivity contribution < 1.29 is 19.0 Å². The molecule has 2 aromatic carbocycles. The average Bonchev–Trinajstić information content (AvgIpc) is 3.34. The molecular formula is C25H23N5O4. The molecule has 2 aliphatic heterocycles. The lowest BCUT2D eigenvalue weighted by Gasteiger charge is -2.42. The number of hydrogen-bond donors (Lipinski definition) is 1. The summed E-state index contributed by atoms with van der Waals surface area (Å²) in [6.07, 6.45) is 3.25. The maximum absolute atomic E-state index is 12.6. The van der Waals surface area contributed by atoms with Gasteiger partial charge in [-0.15, -0.1) is 0 Å². The number of ether oxygens (including phenoxy) is 3. The van der Waals surface area contributed by atoms with Crippen LogP contribution >= 0.6 is 0 Å². The van der Waals surface area contributed by atoms with Crippen molar-refractivity contribution in [1.82, 2.24) is 19.5 Å². The van der Waals surface area contributed by atoms with E-state index in [9.17, 15) is 4.79 Å². The third-order valence-electron chi connectivity index (χ3n) is 6.22. The largest absolute Gasteiger partial charge is 0.371 e. The van der Waals surface area contributed by atoms with Gasteiger partial charge >= 0.3 is 0 Å². The zero-order valence-electron chi connectivity index (χ0n) is 18.3. The fourth-order valence-corrected chi connectivity index (χ4v) is 4.47. The number of aromatic nitrogens is 4. The van der Waals surface area contributed by atoms with Crippen LogP contribution < -0.4 is 5.32 Å². The Morgan fingerprint density at radius 2 is 1.71 bits per heavy atom. The van der Waals surface area contributed by atoms with Gasteiger partial charge in [0.1, 0.15) is 12.4 Å². The van der Waals surface area contributed by atoms with Crippen LogP contribution in [0.4, 0.5) is 5.82 Å². The number of imidazole rings is 1. The van der Waals surface area contributed by atoms with Gasteiger partial charge in [-0.05, 0) is 18.6 Å². The zero-order valence-corrected chi connectivity index (χ0v) is 18.3. The van der Waals surface area contributed by atoms with Gasteiger partial charge in [-0.1, -0.05) is 48.5 Å². The molecule has 34 heavy (non-hydrogen) atoms. The van der Waals surface area contributed by atoms with Gasteiger partial charge < -0.3 is 24.1 Å². The summed E-state index contributed by atoms with van der Waals surface area (Å²) in [7, 11) is 0. The van der Waals surface area contributed by atoms with Crippen molar-refractivity contribution in [3.63, 3.8) is 0 Å². The number of nitrogens with one attached hydrogen (secondary N) is 1. The van der Waals surface area contributed by atoms with Crippen LogP contribution in [0.5, 0.6) is 0 Å². The molecule has 9 nitrogen and oxygen atoms in total. The first-order valence-electron chi connectivity index (χ1n) is 11.2. The molecule has 2 saturated heterocycles. The summed E-state index contributed by atoms with van der Waals surface area (Å²) in [5.74, 6) is 0.125. The smallest absolute Gasteiger partial charge is 0.256 e. The predicted octanol–water partition coefficient (Wildman–Crippen LogP) is 3.52. The fraction of sp³-hybridized carbons (Fsp3) is 0.280. The molecule has 6 rings (SSSR count). The van der Waals surface area contributed by atoms with Crippen molar-refractivity contribution in [2.24, 2.45) is 0 Å². The molecule has 0 spiro atoms. The van der Waals surface area contributed by atoms with Crippen LogP contribution in [0.15, 0.2) is 73.3 Å². The maximum atomic E-state index is 12.6. The van der Waals surface area contributed by atoms with Crippen LogP contribution in [0.1, 0.15) is 34.7 Å². The van der Waals surface area contributed by atoms with Crippen molar-refractivity contribution >= 4 is 22.9 Å². The molecule has 1 amide bonds. The third kappa shape index (κ3) is 3.94. The van der Waals surface area contributed by atoms with E-state index in [-0.39, 0.29) is 24.2 Å². The Balaban J connectivity index is 1.22. The Kier molecular flexibility index (Phi) is 5.50. The average molecular weight is 457 g/mol. The lowest BCUT2D eigenvalue weighted by molar-refractivity contribution is -0.282. The molecule has 4 aromatic rings. The van der Waals surface area contributed by atoms with E-state index in [0.29, 0.717) is 35.8 Å². The minimum atomic E-state index is -0.411. The molecule has 172 valence electrons. The molecule has 0 radical (unpaired) electrons.